The maximum absolute atomic E-state index is 12.4. The second-order valence-electron chi connectivity index (χ2n) is 5.03. The number of benzene rings is 1. The van der Waals surface area contributed by atoms with Crippen LogP contribution in [0.4, 0.5) is 5.13 Å². The maximum Gasteiger partial charge on any atom is 0.257 e. The molecule has 1 amide bonds. The van der Waals surface area contributed by atoms with Crippen molar-refractivity contribution in [2.75, 3.05) is 11.1 Å². The zero-order valence-corrected chi connectivity index (χ0v) is 16.2. The Labute approximate surface area is 158 Å². The minimum absolute atomic E-state index is 0.0166. The van der Waals surface area contributed by atoms with Gasteiger partial charge in [-0.05, 0) is 30.3 Å². The van der Waals surface area contributed by atoms with Crippen LogP contribution in [0.2, 0.25) is 4.34 Å². The Hall–Kier alpha value is -1.74. The summed E-state index contributed by atoms with van der Waals surface area (Å²) in [5, 5.41) is 4.96. The summed E-state index contributed by atoms with van der Waals surface area (Å²) < 4.78 is 24.6. The molecule has 3 rings (SSSR count). The number of hydrogen-bond donors (Lipinski definition) is 1. The van der Waals surface area contributed by atoms with Crippen LogP contribution in [-0.4, -0.2) is 25.1 Å². The highest BCUT2D eigenvalue weighted by Gasteiger charge is 2.15. The number of rotatable bonds is 5. The molecule has 0 fully saturated rings. The highest BCUT2D eigenvalue weighted by atomic mass is 35.5. The topological polar surface area (TPSA) is 76.1 Å². The number of sulfone groups is 1. The Morgan fingerprint density at radius 2 is 2.08 bits per heavy atom. The van der Waals surface area contributed by atoms with Crippen molar-refractivity contribution in [3.63, 3.8) is 0 Å². The molecule has 9 heteroatoms. The van der Waals surface area contributed by atoms with E-state index in [9.17, 15) is 13.2 Å². The molecule has 0 saturated carbocycles. The number of thiophene rings is 1. The van der Waals surface area contributed by atoms with Crippen LogP contribution >= 0.6 is 34.3 Å². The van der Waals surface area contributed by atoms with Gasteiger partial charge < -0.3 is 0 Å². The summed E-state index contributed by atoms with van der Waals surface area (Å²) >= 11 is 8.62. The van der Waals surface area contributed by atoms with Crippen LogP contribution in [0.15, 0.2) is 46.7 Å². The first-order chi connectivity index (χ1) is 11.9. The highest BCUT2D eigenvalue weighted by Crippen LogP contribution is 2.33. The number of hydrogen-bond acceptors (Lipinski definition) is 6. The van der Waals surface area contributed by atoms with Gasteiger partial charge in [-0.25, -0.2) is 13.4 Å². The summed E-state index contributed by atoms with van der Waals surface area (Å²) in [6, 6.07) is 9.64. The van der Waals surface area contributed by atoms with Crippen LogP contribution in [0.5, 0.6) is 0 Å². The number of carbonyl (C=O) groups excluding carboxylic acids is 1. The lowest BCUT2D eigenvalue weighted by atomic mass is 10.2. The van der Waals surface area contributed by atoms with Crippen molar-refractivity contribution in [1.29, 1.82) is 0 Å². The first kappa shape index (κ1) is 18.1. The number of nitrogens with one attached hydrogen (secondary N) is 1. The van der Waals surface area contributed by atoms with Crippen LogP contribution in [-0.2, 0) is 9.84 Å². The molecule has 1 aromatic carbocycles. The first-order valence-corrected chi connectivity index (χ1v) is 11.0. The predicted molar refractivity (Wildman–Crippen MR) is 103 cm³/mol. The number of thiazole rings is 1. The van der Waals surface area contributed by atoms with Crippen molar-refractivity contribution >= 4 is 55.2 Å². The number of aromatic nitrogens is 1. The molecule has 0 unspecified atom stereocenters. The van der Waals surface area contributed by atoms with Crippen molar-refractivity contribution in [3.05, 3.63) is 51.7 Å². The molecule has 25 heavy (non-hydrogen) atoms. The molecule has 130 valence electrons. The van der Waals surface area contributed by atoms with E-state index in [-0.39, 0.29) is 16.2 Å². The van der Waals surface area contributed by atoms with Gasteiger partial charge in [0.15, 0.2) is 15.0 Å². The molecule has 1 N–H and O–H groups in total. The van der Waals surface area contributed by atoms with E-state index in [1.807, 2.05) is 11.4 Å². The van der Waals surface area contributed by atoms with Crippen molar-refractivity contribution in [2.45, 2.75) is 11.8 Å². The third kappa shape index (κ3) is 4.09. The van der Waals surface area contributed by atoms with Crippen LogP contribution in [0, 0.1) is 0 Å². The second kappa shape index (κ2) is 7.25. The van der Waals surface area contributed by atoms with Gasteiger partial charge >= 0.3 is 0 Å². The van der Waals surface area contributed by atoms with E-state index in [4.69, 9.17) is 11.6 Å². The molecule has 5 nitrogen and oxygen atoms in total. The minimum Gasteiger partial charge on any atom is -0.298 e. The van der Waals surface area contributed by atoms with E-state index in [1.165, 1.54) is 34.8 Å². The van der Waals surface area contributed by atoms with Gasteiger partial charge in [-0.3, -0.25) is 10.1 Å². The van der Waals surface area contributed by atoms with E-state index < -0.39 is 15.7 Å². The Morgan fingerprint density at radius 3 is 2.76 bits per heavy atom. The summed E-state index contributed by atoms with van der Waals surface area (Å²) in [4.78, 5) is 17.8. The molecule has 0 saturated heterocycles. The summed E-state index contributed by atoms with van der Waals surface area (Å²) in [6.45, 7) is 1.57. The lowest BCUT2D eigenvalue weighted by molar-refractivity contribution is 0.102. The standard InChI is InChI=1S/C16H13ClN2O3S3/c1-2-25(21,22)11-5-3-4-10(8-11)15(20)19-16-18-12(9-23-16)13-6-7-14(17)24-13/h3-9H,2H2,1H3,(H,18,19,20). The van der Waals surface area contributed by atoms with Crippen molar-refractivity contribution < 1.29 is 13.2 Å². The van der Waals surface area contributed by atoms with Gasteiger partial charge in [0.25, 0.3) is 5.91 Å². The van der Waals surface area contributed by atoms with Crippen molar-refractivity contribution in [1.82, 2.24) is 4.98 Å². The summed E-state index contributed by atoms with van der Waals surface area (Å²) in [5.74, 6) is -0.421. The molecule has 0 aliphatic rings. The Bertz CT molecular complexity index is 1020. The Morgan fingerprint density at radius 1 is 1.28 bits per heavy atom. The van der Waals surface area contributed by atoms with Gasteiger partial charge in [0.2, 0.25) is 0 Å². The third-order valence-corrected chi connectivity index (χ3v) is 7.13. The summed E-state index contributed by atoms with van der Waals surface area (Å²) in [5.41, 5.74) is 1.00. The molecule has 0 radical (unpaired) electrons. The van der Waals surface area contributed by atoms with E-state index in [1.54, 1.807) is 25.1 Å². The summed E-state index contributed by atoms with van der Waals surface area (Å²) in [6.07, 6.45) is 0. The van der Waals surface area contributed by atoms with Crippen LogP contribution in [0.25, 0.3) is 10.6 Å². The number of anilines is 1. The predicted octanol–water partition coefficient (Wildman–Crippen LogP) is 4.57. The molecule has 0 atom stereocenters. The SMILES string of the molecule is CCS(=O)(=O)c1cccc(C(=O)Nc2nc(-c3ccc(Cl)s3)cs2)c1. The lowest BCUT2D eigenvalue weighted by Gasteiger charge is -2.05. The average Bonchev–Trinajstić information content (AvgIpc) is 3.24. The largest absolute Gasteiger partial charge is 0.298 e. The Balaban J connectivity index is 1.79. The summed E-state index contributed by atoms with van der Waals surface area (Å²) in [7, 11) is -3.36. The molecule has 2 aromatic heterocycles. The lowest BCUT2D eigenvalue weighted by Crippen LogP contribution is -2.13. The molecule has 0 bridgehead atoms. The fourth-order valence-corrected chi connectivity index (χ4v) is 4.77. The first-order valence-electron chi connectivity index (χ1n) is 7.24. The van der Waals surface area contributed by atoms with Gasteiger partial charge in [-0.2, -0.15) is 0 Å². The fourth-order valence-electron chi connectivity index (χ4n) is 2.06. The number of halogens is 1. The molecule has 2 heterocycles. The monoisotopic (exact) mass is 412 g/mol. The van der Waals surface area contributed by atoms with E-state index in [2.05, 4.69) is 10.3 Å². The molecule has 0 aliphatic heterocycles. The second-order valence-corrected chi connectivity index (χ2v) is 9.88. The normalized spacial score (nSPS) is 11.4. The van der Waals surface area contributed by atoms with Crippen molar-refractivity contribution in [2.24, 2.45) is 0 Å². The van der Waals surface area contributed by atoms with E-state index in [0.717, 1.165) is 10.6 Å². The molecular weight excluding hydrogens is 400 g/mol. The third-order valence-electron chi connectivity index (χ3n) is 3.39. The molecular formula is C16H13ClN2O3S3. The number of amides is 1. The zero-order chi connectivity index (χ0) is 18.0. The van der Waals surface area contributed by atoms with Gasteiger partial charge in [0, 0.05) is 10.9 Å². The Kier molecular flexibility index (Phi) is 5.24. The smallest absolute Gasteiger partial charge is 0.257 e. The van der Waals surface area contributed by atoms with Gasteiger partial charge in [-0.15, -0.1) is 22.7 Å². The number of nitrogens with zero attached hydrogens (tertiary/aromatic N) is 1. The fraction of sp³-hybridized carbons (Fsp3) is 0.125. The highest BCUT2D eigenvalue weighted by molar-refractivity contribution is 7.91. The van der Waals surface area contributed by atoms with Crippen LogP contribution in [0.3, 0.4) is 0 Å². The van der Waals surface area contributed by atoms with Crippen LogP contribution in [0.1, 0.15) is 17.3 Å². The van der Waals surface area contributed by atoms with Gasteiger partial charge in [-0.1, -0.05) is 24.6 Å². The van der Waals surface area contributed by atoms with Gasteiger partial charge in [0.1, 0.15) is 0 Å². The minimum atomic E-state index is -3.36. The zero-order valence-electron chi connectivity index (χ0n) is 13.0. The average molecular weight is 413 g/mol. The van der Waals surface area contributed by atoms with Gasteiger partial charge in [0.05, 0.1) is 25.6 Å². The quantitative estimate of drug-likeness (QED) is 0.665. The van der Waals surface area contributed by atoms with Crippen molar-refractivity contribution in [3.8, 4) is 10.6 Å². The molecule has 3 aromatic rings. The molecule has 0 aliphatic carbocycles. The van der Waals surface area contributed by atoms with E-state index >= 15 is 0 Å². The van der Waals surface area contributed by atoms with Crippen LogP contribution < -0.4 is 5.32 Å². The van der Waals surface area contributed by atoms with E-state index in [0.29, 0.717) is 9.47 Å². The number of carbonyl (C=O) groups is 1. The molecule has 0 spiro atoms. The maximum atomic E-state index is 12.4.